The first kappa shape index (κ1) is 17.7. The van der Waals surface area contributed by atoms with Gasteiger partial charge in [0.25, 0.3) is 0 Å². The Kier molecular flexibility index (Phi) is 6.15. The Morgan fingerprint density at radius 3 is 2.55 bits per heavy atom. The average molecular weight is 311 g/mol. The molecule has 2 unspecified atom stereocenters. The Hall–Kier alpha value is -2.31. The Balaban J connectivity index is 3.02. The number of likely N-dealkylation sites (N-methyl/N-ethyl adjacent to an activating group) is 1. The number of anilines is 1. The fraction of sp³-hybridized carbons (Fsp3) is 0.467. The van der Waals surface area contributed by atoms with Crippen molar-refractivity contribution >= 4 is 17.6 Å². The number of ether oxygens (including phenoxy) is 1. The zero-order valence-corrected chi connectivity index (χ0v) is 13.2. The largest absolute Gasteiger partial charge is 0.494 e. The van der Waals surface area contributed by atoms with E-state index >= 15 is 0 Å². The molecule has 3 N–H and O–H groups in total. The third-order valence-electron chi connectivity index (χ3n) is 3.63. The number of carbonyl (C=O) groups is 2. The van der Waals surface area contributed by atoms with E-state index in [2.05, 4.69) is 5.32 Å². The summed E-state index contributed by atoms with van der Waals surface area (Å²) in [5, 5.41) is 2.45. The van der Waals surface area contributed by atoms with E-state index in [1.807, 2.05) is 13.8 Å². The molecule has 0 aliphatic rings. The summed E-state index contributed by atoms with van der Waals surface area (Å²) in [7, 11) is 2.88. The van der Waals surface area contributed by atoms with Crippen molar-refractivity contribution in [3.8, 4) is 5.75 Å². The van der Waals surface area contributed by atoms with Crippen LogP contribution in [0.25, 0.3) is 0 Å². The molecule has 0 radical (unpaired) electrons. The van der Waals surface area contributed by atoms with Crippen LogP contribution >= 0.6 is 0 Å². The van der Waals surface area contributed by atoms with Crippen LogP contribution in [-0.4, -0.2) is 32.1 Å². The van der Waals surface area contributed by atoms with Crippen LogP contribution in [0.15, 0.2) is 18.2 Å². The van der Waals surface area contributed by atoms with Gasteiger partial charge in [0, 0.05) is 18.8 Å². The second-order valence-electron chi connectivity index (χ2n) is 5.09. The van der Waals surface area contributed by atoms with Gasteiger partial charge in [-0.25, -0.2) is 9.18 Å². The molecule has 0 saturated heterocycles. The van der Waals surface area contributed by atoms with Crippen LogP contribution in [0.2, 0.25) is 0 Å². The summed E-state index contributed by atoms with van der Waals surface area (Å²) in [6, 6.07) is 2.67. The molecule has 7 heteroatoms. The number of nitrogens with one attached hydrogen (secondary N) is 1. The molecule has 0 fully saturated rings. The van der Waals surface area contributed by atoms with E-state index in [0.29, 0.717) is 12.1 Å². The van der Waals surface area contributed by atoms with Crippen molar-refractivity contribution in [2.75, 3.05) is 19.1 Å². The summed E-state index contributed by atoms with van der Waals surface area (Å²) < 4.78 is 18.6. The third-order valence-corrected chi connectivity index (χ3v) is 3.63. The van der Waals surface area contributed by atoms with Gasteiger partial charge in [-0.2, -0.15) is 0 Å². The minimum atomic E-state index is -0.770. The van der Waals surface area contributed by atoms with Crippen LogP contribution in [-0.2, 0) is 4.79 Å². The van der Waals surface area contributed by atoms with Crippen molar-refractivity contribution in [1.29, 1.82) is 0 Å². The number of hydrogen-bond acceptors (Lipinski definition) is 3. The topological polar surface area (TPSA) is 84.7 Å². The van der Waals surface area contributed by atoms with Gasteiger partial charge in [0.05, 0.1) is 7.11 Å². The number of amides is 3. The van der Waals surface area contributed by atoms with Gasteiger partial charge in [0.15, 0.2) is 11.6 Å². The van der Waals surface area contributed by atoms with E-state index in [-0.39, 0.29) is 17.6 Å². The molecule has 2 atom stereocenters. The normalized spacial score (nSPS) is 13.1. The van der Waals surface area contributed by atoms with Crippen molar-refractivity contribution in [1.82, 2.24) is 5.32 Å². The van der Waals surface area contributed by atoms with E-state index in [0.717, 1.165) is 0 Å². The minimum Gasteiger partial charge on any atom is -0.494 e. The quantitative estimate of drug-likeness (QED) is 0.841. The van der Waals surface area contributed by atoms with Crippen molar-refractivity contribution in [2.24, 2.45) is 11.7 Å². The van der Waals surface area contributed by atoms with Crippen molar-refractivity contribution in [3.05, 3.63) is 24.0 Å². The van der Waals surface area contributed by atoms with Crippen LogP contribution in [0.3, 0.4) is 0 Å². The summed E-state index contributed by atoms with van der Waals surface area (Å²) in [5.41, 5.74) is 5.49. The van der Waals surface area contributed by atoms with Crippen LogP contribution < -0.4 is 20.7 Å². The lowest BCUT2D eigenvalue weighted by molar-refractivity contribution is -0.121. The van der Waals surface area contributed by atoms with Gasteiger partial charge in [0.2, 0.25) is 5.91 Å². The summed E-state index contributed by atoms with van der Waals surface area (Å²) in [5.74, 6) is -0.941. The van der Waals surface area contributed by atoms with Crippen LogP contribution in [0, 0.1) is 11.7 Å². The SMILES string of the molecule is CCC(C)C(NC(N)=O)C(=O)N(C)c1ccc(OC)c(F)c1. The van der Waals surface area contributed by atoms with Crippen molar-refractivity contribution in [2.45, 2.75) is 26.3 Å². The highest BCUT2D eigenvalue weighted by molar-refractivity contribution is 5.98. The van der Waals surface area contributed by atoms with Gasteiger partial charge in [-0.1, -0.05) is 20.3 Å². The van der Waals surface area contributed by atoms with Gasteiger partial charge >= 0.3 is 6.03 Å². The lowest BCUT2D eigenvalue weighted by atomic mass is 9.98. The predicted molar refractivity (Wildman–Crippen MR) is 82.3 cm³/mol. The molecule has 6 nitrogen and oxygen atoms in total. The van der Waals surface area contributed by atoms with E-state index < -0.39 is 17.9 Å². The lowest BCUT2D eigenvalue weighted by Gasteiger charge is -2.27. The lowest BCUT2D eigenvalue weighted by Crippen LogP contribution is -2.52. The number of halogens is 1. The molecule has 3 amide bonds. The van der Waals surface area contributed by atoms with Crippen LogP contribution in [0.4, 0.5) is 14.9 Å². The predicted octanol–water partition coefficient (Wildman–Crippen LogP) is 1.88. The average Bonchev–Trinajstić information content (AvgIpc) is 2.50. The fourth-order valence-corrected chi connectivity index (χ4v) is 2.04. The number of nitrogens with two attached hydrogens (primary N) is 1. The van der Waals surface area contributed by atoms with Gasteiger partial charge in [-0.05, 0) is 18.1 Å². The molecule has 122 valence electrons. The van der Waals surface area contributed by atoms with Crippen LogP contribution in [0.1, 0.15) is 20.3 Å². The molecule has 0 aromatic heterocycles. The highest BCUT2D eigenvalue weighted by Gasteiger charge is 2.28. The molecule has 0 aliphatic heterocycles. The molecule has 0 bridgehead atoms. The first-order valence-corrected chi connectivity index (χ1v) is 6.98. The summed E-state index contributed by atoms with van der Waals surface area (Å²) in [6.45, 7) is 3.74. The van der Waals surface area contributed by atoms with E-state index in [1.165, 1.54) is 31.2 Å². The molecule has 0 aliphatic carbocycles. The summed E-state index contributed by atoms with van der Waals surface area (Å²) in [4.78, 5) is 24.9. The maximum atomic E-state index is 13.8. The third kappa shape index (κ3) is 4.09. The van der Waals surface area contributed by atoms with Crippen molar-refractivity contribution in [3.63, 3.8) is 0 Å². The molecule has 22 heavy (non-hydrogen) atoms. The Morgan fingerprint density at radius 1 is 1.45 bits per heavy atom. The second kappa shape index (κ2) is 7.63. The molecule has 0 spiro atoms. The molecule has 0 heterocycles. The van der Waals surface area contributed by atoms with E-state index in [4.69, 9.17) is 10.5 Å². The van der Waals surface area contributed by atoms with Gasteiger partial charge in [0.1, 0.15) is 6.04 Å². The Labute approximate surface area is 129 Å². The maximum absolute atomic E-state index is 13.8. The number of methoxy groups -OCH3 is 1. The van der Waals surface area contributed by atoms with Gasteiger partial charge in [-0.3, -0.25) is 4.79 Å². The van der Waals surface area contributed by atoms with Crippen molar-refractivity contribution < 1.29 is 18.7 Å². The number of primary amides is 1. The zero-order valence-electron chi connectivity index (χ0n) is 13.2. The Bertz CT molecular complexity index is 551. The van der Waals surface area contributed by atoms with Gasteiger partial charge < -0.3 is 20.7 Å². The van der Waals surface area contributed by atoms with Gasteiger partial charge in [-0.15, -0.1) is 0 Å². The molecular formula is C15H22FN3O3. The standard InChI is InChI=1S/C15H22FN3O3/c1-5-9(2)13(18-15(17)21)14(20)19(3)10-6-7-12(22-4)11(16)8-10/h6-9,13H,5H2,1-4H3,(H3,17,18,21). The Morgan fingerprint density at radius 2 is 2.09 bits per heavy atom. The van der Waals surface area contributed by atoms with Crippen LogP contribution in [0.5, 0.6) is 5.75 Å². The minimum absolute atomic E-state index is 0.0957. The number of hydrogen-bond donors (Lipinski definition) is 2. The highest BCUT2D eigenvalue weighted by atomic mass is 19.1. The second-order valence-corrected chi connectivity index (χ2v) is 5.09. The zero-order chi connectivity index (χ0) is 16.9. The molecule has 1 rings (SSSR count). The highest BCUT2D eigenvalue weighted by Crippen LogP contribution is 2.24. The molecule has 1 aromatic carbocycles. The first-order valence-electron chi connectivity index (χ1n) is 6.98. The number of urea groups is 1. The molecular weight excluding hydrogens is 289 g/mol. The monoisotopic (exact) mass is 311 g/mol. The number of benzene rings is 1. The number of rotatable bonds is 6. The number of nitrogens with zero attached hydrogens (tertiary/aromatic N) is 1. The summed E-state index contributed by atoms with van der Waals surface area (Å²) >= 11 is 0. The number of carbonyl (C=O) groups excluding carboxylic acids is 2. The first-order chi connectivity index (χ1) is 10.3. The fourth-order valence-electron chi connectivity index (χ4n) is 2.04. The smallest absolute Gasteiger partial charge is 0.312 e. The maximum Gasteiger partial charge on any atom is 0.312 e. The molecule has 1 aromatic rings. The summed E-state index contributed by atoms with van der Waals surface area (Å²) in [6.07, 6.45) is 0.682. The van der Waals surface area contributed by atoms with E-state index in [1.54, 1.807) is 6.07 Å². The molecule has 0 saturated carbocycles. The van der Waals surface area contributed by atoms with E-state index in [9.17, 15) is 14.0 Å².